The lowest BCUT2D eigenvalue weighted by atomic mass is 10.2. The van der Waals surface area contributed by atoms with Gasteiger partial charge in [-0.05, 0) is 35.9 Å². The van der Waals surface area contributed by atoms with Crippen LogP contribution in [0.2, 0.25) is 5.02 Å². The minimum absolute atomic E-state index is 0.000433. The highest BCUT2D eigenvalue weighted by atomic mass is 35.5. The Morgan fingerprint density at radius 3 is 2.82 bits per heavy atom. The highest BCUT2D eigenvalue weighted by Crippen LogP contribution is 2.36. The third-order valence-corrected chi connectivity index (χ3v) is 4.39. The molecule has 0 aliphatic carbocycles. The Hall–Kier alpha value is -3.43. The normalized spacial score (nSPS) is 10.8. The molecule has 0 N–H and O–H groups in total. The topological polar surface area (TPSA) is 73.0 Å². The minimum Gasteiger partial charge on any atom is -0.493 e. The maximum Gasteiger partial charge on any atom is 0.331 e. The molecule has 0 saturated heterocycles. The lowest BCUT2D eigenvalue weighted by Crippen LogP contribution is -2.01. The Balaban J connectivity index is 1.72. The van der Waals surface area contributed by atoms with Crippen LogP contribution < -0.4 is 9.47 Å². The molecule has 6 nitrogen and oxygen atoms in total. The zero-order valence-electron chi connectivity index (χ0n) is 15.3. The van der Waals surface area contributed by atoms with Crippen molar-refractivity contribution in [3.05, 3.63) is 70.5 Å². The Morgan fingerprint density at radius 2 is 2.11 bits per heavy atom. The first-order valence-electron chi connectivity index (χ1n) is 8.32. The third-order valence-electron chi connectivity index (χ3n) is 4.11. The van der Waals surface area contributed by atoms with Crippen molar-refractivity contribution in [2.24, 2.45) is 0 Å². The lowest BCUT2D eigenvalue weighted by Gasteiger charge is -2.10. The second kappa shape index (κ2) is 8.51. The van der Waals surface area contributed by atoms with Crippen molar-refractivity contribution >= 4 is 29.2 Å². The summed E-state index contributed by atoms with van der Waals surface area (Å²) in [5, 5.41) is 9.76. The number of esters is 1. The SMILES string of the molecule is COc1cc(/C=C/C(=O)OCc2cn3ccccc3c2C#N)cc(Cl)c1OC. The van der Waals surface area contributed by atoms with Crippen LogP contribution in [0.4, 0.5) is 0 Å². The predicted octanol–water partition coefficient (Wildman–Crippen LogP) is 4.24. The average Bonchev–Trinajstić information content (AvgIpc) is 3.07. The number of hydrogen-bond donors (Lipinski definition) is 0. The zero-order valence-corrected chi connectivity index (χ0v) is 16.1. The Labute approximate surface area is 167 Å². The van der Waals surface area contributed by atoms with Gasteiger partial charge in [-0.2, -0.15) is 5.26 Å². The molecule has 1 aromatic carbocycles. The molecule has 0 aliphatic rings. The summed E-state index contributed by atoms with van der Waals surface area (Å²) < 4.78 is 17.5. The molecular weight excluding hydrogens is 380 g/mol. The number of ether oxygens (including phenoxy) is 3. The molecule has 3 aromatic rings. The number of aromatic nitrogens is 1. The first kappa shape index (κ1) is 19.3. The summed E-state index contributed by atoms with van der Waals surface area (Å²) in [7, 11) is 3.00. The van der Waals surface area contributed by atoms with Gasteiger partial charge in [0.1, 0.15) is 12.7 Å². The molecule has 2 heterocycles. The summed E-state index contributed by atoms with van der Waals surface area (Å²) in [6, 6.07) is 11.1. The molecular formula is C21H17ClN2O4. The smallest absolute Gasteiger partial charge is 0.331 e. The largest absolute Gasteiger partial charge is 0.493 e. The van der Waals surface area contributed by atoms with E-state index in [0.717, 1.165) is 5.52 Å². The van der Waals surface area contributed by atoms with Gasteiger partial charge in [0.2, 0.25) is 0 Å². The summed E-state index contributed by atoms with van der Waals surface area (Å²) in [6.07, 6.45) is 6.47. The van der Waals surface area contributed by atoms with Gasteiger partial charge in [0.05, 0.1) is 30.3 Å². The maximum absolute atomic E-state index is 12.1. The van der Waals surface area contributed by atoms with Crippen molar-refractivity contribution in [3.63, 3.8) is 0 Å². The second-order valence-corrected chi connectivity index (χ2v) is 6.22. The number of rotatable bonds is 6. The fraction of sp³-hybridized carbons (Fsp3) is 0.143. The number of hydrogen-bond acceptors (Lipinski definition) is 5. The molecule has 0 spiro atoms. The summed E-state index contributed by atoms with van der Waals surface area (Å²) in [4.78, 5) is 12.1. The number of benzene rings is 1. The van der Waals surface area contributed by atoms with Gasteiger partial charge in [0.15, 0.2) is 11.5 Å². The van der Waals surface area contributed by atoms with E-state index < -0.39 is 5.97 Å². The number of nitrogens with zero attached hydrogens (tertiary/aromatic N) is 2. The van der Waals surface area contributed by atoms with Crippen LogP contribution in [0.1, 0.15) is 16.7 Å². The monoisotopic (exact) mass is 396 g/mol. The van der Waals surface area contributed by atoms with Crippen LogP contribution in [-0.2, 0) is 16.1 Å². The number of halogens is 1. The van der Waals surface area contributed by atoms with Crippen molar-refractivity contribution in [1.82, 2.24) is 4.40 Å². The van der Waals surface area contributed by atoms with Gasteiger partial charge in [0.25, 0.3) is 0 Å². The van der Waals surface area contributed by atoms with Crippen molar-refractivity contribution in [3.8, 4) is 17.6 Å². The first-order valence-corrected chi connectivity index (χ1v) is 8.70. The molecule has 7 heteroatoms. The van der Waals surface area contributed by atoms with Gasteiger partial charge in [-0.15, -0.1) is 0 Å². The molecule has 0 bridgehead atoms. The van der Waals surface area contributed by atoms with E-state index >= 15 is 0 Å². The second-order valence-electron chi connectivity index (χ2n) is 5.81. The van der Waals surface area contributed by atoms with Crippen LogP contribution in [-0.4, -0.2) is 24.6 Å². The van der Waals surface area contributed by atoms with Gasteiger partial charge < -0.3 is 18.6 Å². The summed E-state index contributed by atoms with van der Waals surface area (Å²) in [5.74, 6) is 0.348. The Kier molecular flexibility index (Phi) is 5.87. The highest BCUT2D eigenvalue weighted by Gasteiger charge is 2.12. The van der Waals surface area contributed by atoms with Gasteiger partial charge in [-0.1, -0.05) is 17.7 Å². The van der Waals surface area contributed by atoms with Crippen LogP contribution >= 0.6 is 11.6 Å². The van der Waals surface area contributed by atoms with Crippen LogP contribution in [0.15, 0.2) is 48.8 Å². The van der Waals surface area contributed by atoms with E-state index in [0.29, 0.717) is 33.2 Å². The maximum atomic E-state index is 12.1. The number of nitriles is 1. The van der Waals surface area contributed by atoms with Crippen LogP contribution in [0.3, 0.4) is 0 Å². The number of carbonyl (C=O) groups excluding carboxylic acids is 1. The van der Waals surface area contributed by atoms with Gasteiger partial charge in [0, 0.05) is 24.0 Å². The molecule has 2 aromatic heterocycles. The van der Waals surface area contributed by atoms with E-state index in [2.05, 4.69) is 6.07 Å². The van der Waals surface area contributed by atoms with Crippen LogP contribution in [0, 0.1) is 11.3 Å². The quantitative estimate of drug-likeness (QED) is 0.460. The summed E-state index contributed by atoms with van der Waals surface area (Å²) >= 11 is 6.15. The molecule has 28 heavy (non-hydrogen) atoms. The predicted molar refractivity (Wildman–Crippen MR) is 105 cm³/mol. The van der Waals surface area contributed by atoms with Gasteiger partial charge >= 0.3 is 5.97 Å². The van der Waals surface area contributed by atoms with E-state index in [9.17, 15) is 10.1 Å². The zero-order chi connectivity index (χ0) is 20.1. The molecule has 0 aliphatic heterocycles. The van der Waals surface area contributed by atoms with E-state index in [4.69, 9.17) is 25.8 Å². The minimum atomic E-state index is -0.537. The van der Waals surface area contributed by atoms with Crippen molar-refractivity contribution in [2.45, 2.75) is 6.61 Å². The number of fused-ring (bicyclic) bond motifs is 1. The molecule has 3 rings (SSSR count). The molecule has 0 atom stereocenters. The van der Waals surface area contributed by atoms with Crippen molar-refractivity contribution in [1.29, 1.82) is 5.26 Å². The Morgan fingerprint density at radius 1 is 1.29 bits per heavy atom. The molecule has 0 fully saturated rings. The van der Waals surface area contributed by atoms with Crippen molar-refractivity contribution < 1.29 is 19.0 Å². The summed E-state index contributed by atoms with van der Waals surface area (Å²) in [6.45, 7) is 0.000433. The van der Waals surface area contributed by atoms with E-state index in [-0.39, 0.29) is 6.61 Å². The fourth-order valence-electron chi connectivity index (χ4n) is 2.81. The van der Waals surface area contributed by atoms with E-state index in [1.165, 1.54) is 20.3 Å². The number of pyridine rings is 1. The lowest BCUT2D eigenvalue weighted by molar-refractivity contribution is -0.138. The van der Waals surface area contributed by atoms with Crippen LogP contribution in [0.5, 0.6) is 11.5 Å². The average molecular weight is 397 g/mol. The number of methoxy groups -OCH3 is 2. The highest BCUT2D eigenvalue weighted by molar-refractivity contribution is 6.32. The van der Waals surface area contributed by atoms with Crippen molar-refractivity contribution in [2.75, 3.05) is 14.2 Å². The Bertz CT molecular complexity index is 1100. The standard InChI is InChI=1S/C21H17ClN2O4/c1-26-19-10-14(9-17(22)21(19)27-2)6-7-20(25)28-13-15-12-24-8-4-3-5-18(24)16(15)11-23/h3-10,12H,13H2,1-2H3/b7-6+. The molecule has 0 amide bonds. The van der Waals surface area contributed by atoms with E-state index in [1.54, 1.807) is 24.4 Å². The van der Waals surface area contributed by atoms with Gasteiger partial charge in [-0.3, -0.25) is 0 Å². The van der Waals surface area contributed by atoms with E-state index in [1.807, 2.05) is 28.8 Å². The third kappa shape index (κ3) is 3.95. The van der Waals surface area contributed by atoms with Gasteiger partial charge in [-0.25, -0.2) is 4.79 Å². The first-order chi connectivity index (χ1) is 13.6. The number of carbonyl (C=O) groups is 1. The molecule has 0 unspecified atom stereocenters. The van der Waals surface area contributed by atoms with Crippen LogP contribution in [0.25, 0.3) is 11.6 Å². The summed E-state index contributed by atoms with van der Waals surface area (Å²) in [5.41, 5.74) is 2.56. The fourth-order valence-corrected chi connectivity index (χ4v) is 3.11. The molecule has 0 radical (unpaired) electrons. The molecule has 0 saturated carbocycles. The molecule has 142 valence electrons.